The smallest absolute Gasteiger partial charge is 0.261 e. The van der Waals surface area contributed by atoms with Crippen LogP contribution in [0.1, 0.15) is 138 Å². The lowest BCUT2D eigenvalue weighted by atomic mass is 9.82. The van der Waals surface area contributed by atoms with Crippen LogP contribution in [0, 0.1) is 0 Å². The fourth-order valence-electron chi connectivity index (χ4n) is 8.79. The zero-order valence-corrected chi connectivity index (χ0v) is 27.3. The van der Waals surface area contributed by atoms with Gasteiger partial charge in [-0.2, -0.15) is 0 Å². The predicted octanol–water partition coefficient (Wildman–Crippen LogP) is 9.79. The molecule has 0 atom stereocenters. The van der Waals surface area contributed by atoms with Gasteiger partial charge in [0.2, 0.25) is 0 Å². The largest absolute Gasteiger partial charge is 0.274 e. The highest BCUT2D eigenvalue weighted by Crippen LogP contribution is 2.46. The van der Waals surface area contributed by atoms with Gasteiger partial charge in [-0.3, -0.25) is 29.0 Å². The zero-order valence-electron chi connectivity index (χ0n) is 27.3. The van der Waals surface area contributed by atoms with Gasteiger partial charge in [-0.25, -0.2) is 0 Å². The van der Waals surface area contributed by atoms with Crippen LogP contribution >= 0.6 is 0 Å². The number of amides is 4. The quantitative estimate of drug-likeness (QED) is 0.0598. The molecular formula is C41H42N2O4. The van der Waals surface area contributed by atoms with Crippen LogP contribution in [0.15, 0.2) is 48.5 Å². The van der Waals surface area contributed by atoms with E-state index in [0.717, 1.165) is 82.6 Å². The summed E-state index contributed by atoms with van der Waals surface area (Å²) < 4.78 is 0. The first-order chi connectivity index (χ1) is 23.0. The second-order valence-electron chi connectivity index (χ2n) is 14.0. The van der Waals surface area contributed by atoms with Crippen LogP contribution in [0.4, 0.5) is 0 Å². The number of benzene rings is 5. The molecule has 0 radical (unpaired) electrons. The predicted molar refractivity (Wildman–Crippen MR) is 188 cm³/mol. The molecule has 240 valence electrons. The van der Waals surface area contributed by atoms with E-state index in [2.05, 4.69) is 6.92 Å². The van der Waals surface area contributed by atoms with Gasteiger partial charge in [-0.05, 0) is 75.8 Å². The molecule has 5 aromatic rings. The van der Waals surface area contributed by atoms with Crippen molar-refractivity contribution in [1.82, 2.24) is 9.80 Å². The van der Waals surface area contributed by atoms with Crippen LogP contribution < -0.4 is 0 Å². The van der Waals surface area contributed by atoms with Gasteiger partial charge in [-0.15, -0.1) is 0 Å². The van der Waals surface area contributed by atoms with Crippen LogP contribution in [0.25, 0.3) is 43.1 Å². The summed E-state index contributed by atoms with van der Waals surface area (Å²) >= 11 is 0. The SMILES string of the molecule is CCCCCCCCCCCCN1C(=O)c2ccc3c4ccc5c6c(ccc(c7ccc(c2c37)C1=O)c64)C(=O)N(C1CCCC1)C5=O. The number of imide groups is 2. The maximum Gasteiger partial charge on any atom is 0.261 e. The van der Waals surface area contributed by atoms with Crippen molar-refractivity contribution in [3.05, 3.63) is 70.8 Å². The molecule has 0 aromatic heterocycles. The maximum atomic E-state index is 13.8. The van der Waals surface area contributed by atoms with Crippen LogP contribution in [-0.2, 0) is 0 Å². The summed E-state index contributed by atoms with van der Waals surface area (Å²) in [6, 6.07) is 15.4. The van der Waals surface area contributed by atoms with Crippen molar-refractivity contribution in [1.29, 1.82) is 0 Å². The molecule has 6 heteroatoms. The molecule has 4 amide bonds. The van der Waals surface area contributed by atoms with Crippen molar-refractivity contribution in [2.45, 2.75) is 103 Å². The fraction of sp³-hybridized carbons (Fsp3) is 0.415. The molecule has 1 fully saturated rings. The van der Waals surface area contributed by atoms with Gasteiger partial charge in [0.1, 0.15) is 0 Å². The first-order valence-corrected chi connectivity index (χ1v) is 18.0. The second-order valence-corrected chi connectivity index (χ2v) is 14.0. The summed E-state index contributed by atoms with van der Waals surface area (Å²) in [6.45, 7) is 2.68. The Hall–Kier alpha value is -4.32. The normalized spacial score (nSPS) is 16.8. The van der Waals surface area contributed by atoms with E-state index in [1.165, 1.54) is 54.7 Å². The molecule has 0 saturated heterocycles. The molecule has 2 heterocycles. The molecule has 1 aliphatic carbocycles. The first-order valence-electron chi connectivity index (χ1n) is 18.0. The minimum absolute atomic E-state index is 0.0398. The van der Waals surface area contributed by atoms with Gasteiger partial charge in [0.15, 0.2) is 0 Å². The van der Waals surface area contributed by atoms with Gasteiger partial charge in [0.25, 0.3) is 23.6 Å². The number of hydrogen-bond donors (Lipinski definition) is 0. The molecule has 3 aliphatic rings. The Bertz CT molecular complexity index is 1970. The standard InChI is InChI=1S/C41H42N2O4/c1-2-3-4-5-6-7-8-9-10-13-24-42-38(44)30-20-16-26-28-18-22-32-37-33(41(47)43(40(32)46)25-14-11-12-15-25)23-19-29(35(28)37)27-17-21-31(39(42)45)36(30)34(26)27/h16-23,25H,2-15,24H2,1H3. The molecular weight excluding hydrogens is 584 g/mol. The van der Waals surface area contributed by atoms with E-state index in [-0.39, 0.29) is 29.7 Å². The third-order valence-electron chi connectivity index (χ3n) is 11.2. The second kappa shape index (κ2) is 12.0. The van der Waals surface area contributed by atoms with Gasteiger partial charge >= 0.3 is 0 Å². The van der Waals surface area contributed by atoms with Crippen LogP contribution in [-0.4, -0.2) is 46.0 Å². The topological polar surface area (TPSA) is 74.8 Å². The average Bonchev–Trinajstić information content (AvgIpc) is 3.62. The van der Waals surface area contributed by atoms with E-state index in [4.69, 9.17) is 0 Å². The van der Waals surface area contributed by atoms with E-state index >= 15 is 0 Å². The molecule has 47 heavy (non-hydrogen) atoms. The number of carbonyl (C=O) groups excluding carboxylic acids is 4. The Morgan fingerprint density at radius 2 is 0.872 bits per heavy atom. The lowest BCUT2D eigenvalue weighted by molar-refractivity contribution is 0.0538. The lowest BCUT2D eigenvalue weighted by Crippen LogP contribution is -2.46. The van der Waals surface area contributed by atoms with E-state index in [1.54, 1.807) is 0 Å². The average molecular weight is 627 g/mol. The molecule has 8 rings (SSSR count). The summed E-state index contributed by atoms with van der Waals surface area (Å²) in [5.74, 6) is -0.844. The number of rotatable bonds is 12. The Morgan fingerprint density at radius 1 is 0.489 bits per heavy atom. The molecule has 5 aromatic carbocycles. The first kappa shape index (κ1) is 30.0. The summed E-state index contributed by atoms with van der Waals surface area (Å²) in [7, 11) is 0. The van der Waals surface area contributed by atoms with Crippen molar-refractivity contribution >= 4 is 66.7 Å². The number of carbonyl (C=O) groups is 4. The fourth-order valence-corrected chi connectivity index (χ4v) is 8.79. The molecule has 6 nitrogen and oxygen atoms in total. The Labute approximate surface area is 275 Å². The molecule has 1 saturated carbocycles. The minimum atomic E-state index is -0.221. The highest BCUT2D eigenvalue weighted by Gasteiger charge is 2.40. The van der Waals surface area contributed by atoms with E-state index in [1.807, 2.05) is 48.5 Å². The van der Waals surface area contributed by atoms with Crippen LogP contribution in [0.5, 0.6) is 0 Å². The van der Waals surface area contributed by atoms with Gasteiger partial charge < -0.3 is 0 Å². The van der Waals surface area contributed by atoms with Gasteiger partial charge in [-0.1, -0.05) is 102 Å². The van der Waals surface area contributed by atoms with E-state index < -0.39 is 0 Å². The van der Waals surface area contributed by atoms with Crippen molar-refractivity contribution in [2.24, 2.45) is 0 Å². The molecule has 0 bridgehead atoms. The molecule has 0 spiro atoms. The van der Waals surface area contributed by atoms with Crippen LogP contribution in [0.2, 0.25) is 0 Å². The highest BCUT2D eigenvalue weighted by molar-refractivity contribution is 6.41. The molecule has 2 aliphatic heterocycles. The van der Waals surface area contributed by atoms with Crippen molar-refractivity contribution < 1.29 is 19.2 Å². The third-order valence-corrected chi connectivity index (χ3v) is 11.2. The van der Waals surface area contributed by atoms with Gasteiger partial charge in [0, 0.05) is 45.6 Å². The minimum Gasteiger partial charge on any atom is -0.274 e. The van der Waals surface area contributed by atoms with Crippen molar-refractivity contribution in [2.75, 3.05) is 6.54 Å². The van der Waals surface area contributed by atoms with Crippen molar-refractivity contribution in [3.63, 3.8) is 0 Å². The summed E-state index contributed by atoms with van der Waals surface area (Å²) in [6.07, 6.45) is 15.8. The third kappa shape index (κ3) is 4.66. The molecule has 0 N–H and O–H groups in total. The Morgan fingerprint density at radius 3 is 1.30 bits per heavy atom. The molecule has 0 unspecified atom stereocenters. The number of unbranched alkanes of at least 4 members (excludes halogenated alkanes) is 9. The Balaban J connectivity index is 1.12. The number of fused-ring (bicyclic) bond motifs is 2. The van der Waals surface area contributed by atoms with Gasteiger partial charge in [0.05, 0.1) is 0 Å². The highest BCUT2D eigenvalue weighted by atomic mass is 16.2. The van der Waals surface area contributed by atoms with Crippen molar-refractivity contribution in [3.8, 4) is 0 Å². The summed E-state index contributed by atoms with van der Waals surface area (Å²) in [4.78, 5) is 58.3. The Kier molecular flexibility index (Phi) is 7.70. The zero-order chi connectivity index (χ0) is 32.2. The van der Waals surface area contributed by atoms with E-state index in [9.17, 15) is 19.2 Å². The lowest BCUT2D eigenvalue weighted by Gasteiger charge is -2.32. The van der Waals surface area contributed by atoms with E-state index in [0.29, 0.717) is 34.2 Å². The maximum absolute atomic E-state index is 13.8. The number of hydrogen-bond acceptors (Lipinski definition) is 4. The summed E-state index contributed by atoms with van der Waals surface area (Å²) in [5, 5.41) is 6.96. The summed E-state index contributed by atoms with van der Waals surface area (Å²) in [5.41, 5.74) is 2.29. The van der Waals surface area contributed by atoms with Crippen LogP contribution in [0.3, 0.4) is 0 Å². The monoisotopic (exact) mass is 626 g/mol. The number of nitrogens with zero attached hydrogens (tertiary/aromatic N) is 2.